The molecule has 6 heteroatoms. The van der Waals surface area contributed by atoms with Crippen LogP contribution in [0.2, 0.25) is 0 Å². The number of rotatable bonds is 4. The fourth-order valence-electron chi connectivity index (χ4n) is 0.436. The van der Waals surface area contributed by atoms with Gasteiger partial charge in [0.15, 0.2) is 5.16 Å². The molecule has 0 bridgehead atoms. The Kier molecular flexibility index (Phi) is 11.7. The van der Waals surface area contributed by atoms with Crippen LogP contribution in [0.4, 0.5) is 0 Å². The summed E-state index contributed by atoms with van der Waals surface area (Å²) in [4.78, 5) is 2.73. The van der Waals surface area contributed by atoms with E-state index in [4.69, 9.17) is 40.5 Å². The van der Waals surface area contributed by atoms with E-state index in [-0.39, 0.29) is 12.4 Å². The Morgan fingerprint density at radius 3 is 2.42 bits per heavy atom. The maximum atomic E-state index is 5.63. The molecular formula is C6H10Cl4N2. The van der Waals surface area contributed by atoms with E-state index >= 15 is 0 Å². The van der Waals surface area contributed by atoms with Crippen LogP contribution in [0.25, 0.3) is 0 Å². The van der Waals surface area contributed by atoms with Gasteiger partial charge in [-0.15, -0.1) is 23.2 Å². The van der Waals surface area contributed by atoms with Crippen LogP contribution in [0.15, 0.2) is 11.2 Å². The van der Waals surface area contributed by atoms with Crippen molar-refractivity contribution in [1.82, 2.24) is 0 Å². The first kappa shape index (κ1) is 14.9. The molecule has 0 rings (SSSR count). The van der Waals surface area contributed by atoms with E-state index in [0.29, 0.717) is 29.2 Å². The van der Waals surface area contributed by atoms with Crippen LogP contribution in [0.1, 0.15) is 6.42 Å². The zero-order chi connectivity index (χ0) is 8.69. The zero-order valence-electron chi connectivity index (χ0n) is 6.29. The number of nitrogens with two attached hydrogens (primary N) is 1. The second kappa shape index (κ2) is 9.46. The average Bonchev–Trinajstić information content (AvgIpc) is 1.87. The summed E-state index contributed by atoms with van der Waals surface area (Å²) in [5, 5.41) is 0.433. The lowest BCUT2D eigenvalue weighted by Crippen LogP contribution is -3.00. The zero-order valence-corrected chi connectivity index (χ0v) is 9.31. The second-order valence-electron chi connectivity index (χ2n) is 1.80. The second-order valence-corrected chi connectivity index (χ2v) is 2.89. The van der Waals surface area contributed by atoms with Crippen LogP contribution in [0.5, 0.6) is 0 Å². The average molecular weight is 252 g/mol. The minimum atomic E-state index is 0. The maximum Gasteiger partial charge on any atom is 0.247 e. The molecular weight excluding hydrogens is 242 g/mol. The van der Waals surface area contributed by atoms with Gasteiger partial charge in [0, 0.05) is 11.8 Å². The Labute approximate surface area is 93.2 Å². The molecule has 0 aliphatic carbocycles. The fourth-order valence-corrected chi connectivity index (χ4v) is 1.07. The topological polar surface area (TPSA) is 40.0 Å². The molecule has 0 spiro atoms. The number of alkyl halides is 2. The van der Waals surface area contributed by atoms with E-state index in [9.17, 15) is 0 Å². The van der Waals surface area contributed by atoms with Gasteiger partial charge in [0.05, 0.1) is 6.42 Å². The summed E-state index contributed by atoms with van der Waals surface area (Å²) in [6.45, 7) is 0. The van der Waals surface area contributed by atoms with E-state index in [1.807, 2.05) is 0 Å². The fraction of sp³-hybridized carbons (Fsp3) is 0.500. The lowest BCUT2D eigenvalue weighted by molar-refractivity contribution is -0.386. The van der Waals surface area contributed by atoms with Crippen molar-refractivity contribution in [2.45, 2.75) is 6.42 Å². The molecule has 0 amide bonds. The molecule has 0 saturated carbocycles. The van der Waals surface area contributed by atoms with E-state index in [1.165, 1.54) is 0 Å². The van der Waals surface area contributed by atoms with Gasteiger partial charge in [-0.3, -0.25) is 5.73 Å². The Balaban J connectivity index is 0. The highest BCUT2D eigenvalue weighted by atomic mass is 35.5. The highest BCUT2D eigenvalue weighted by Crippen LogP contribution is 1.88. The van der Waals surface area contributed by atoms with Crippen LogP contribution in [-0.2, 0) is 0 Å². The molecule has 0 aromatic heterocycles. The quantitative estimate of drug-likeness (QED) is 0.244. The molecule has 3 N–H and O–H groups in total. The third-order valence-electron chi connectivity index (χ3n) is 0.900. The summed E-state index contributed by atoms with van der Waals surface area (Å²) >= 11 is 16.4. The van der Waals surface area contributed by atoms with Gasteiger partial charge < -0.3 is 12.4 Å². The van der Waals surface area contributed by atoms with Crippen molar-refractivity contribution in [2.75, 3.05) is 11.8 Å². The monoisotopic (exact) mass is 250 g/mol. The number of nitrogens with one attached hydrogen (secondary N) is 1. The highest BCUT2D eigenvalue weighted by Gasteiger charge is 1.97. The molecule has 0 heterocycles. The SMILES string of the molecule is N/C(CCCl)=[NH+]/C(Cl)=C\CCl.[Cl-]. The van der Waals surface area contributed by atoms with E-state index in [2.05, 4.69) is 4.99 Å². The van der Waals surface area contributed by atoms with Crippen molar-refractivity contribution < 1.29 is 17.4 Å². The largest absolute Gasteiger partial charge is 1.00 e. The van der Waals surface area contributed by atoms with Crippen molar-refractivity contribution in [3.05, 3.63) is 11.2 Å². The van der Waals surface area contributed by atoms with Crippen molar-refractivity contribution in [3.8, 4) is 0 Å². The number of hydrogen-bond acceptors (Lipinski definition) is 0. The summed E-state index contributed by atoms with van der Waals surface area (Å²) in [5.74, 6) is 1.38. The standard InChI is InChI=1S/C6H9Cl3N2.ClH/c7-3-1-5(9)11-6(10)2-4-8;/h1H,2-4H2,(H2,10,11);1H/b5-1-;. The number of allylic oxidation sites excluding steroid dienone is 1. The van der Waals surface area contributed by atoms with E-state index in [1.54, 1.807) is 6.08 Å². The molecule has 0 saturated heterocycles. The maximum absolute atomic E-state index is 5.63. The Morgan fingerprint density at radius 1 is 1.42 bits per heavy atom. The lowest BCUT2D eigenvalue weighted by Gasteiger charge is -1.88. The van der Waals surface area contributed by atoms with Crippen molar-refractivity contribution >= 4 is 40.6 Å². The van der Waals surface area contributed by atoms with Crippen molar-refractivity contribution in [3.63, 3.8) is 0 Å². The molecule has 0 aliphatic rings. The molecule has 72 valence electrons. The third-order valence-corrected chi connectivity index (χ3v) is 1.49. The molecule has 0 radical (unpaired) electrons. The van der Waals surface area contributed by atoms with Crippen molar-refractivity contribution in [2.24, 2.45) is 5.73 Å². The van der Waals surface area contributed by atoms with Gasteiger partial charge in [-0.1, -0.05) is 0 Å². The normalized spacial score (nSPS) is 12.6. The first-order valence-electron chi connectivity index (χ1n) is 3.06. The summed E-state index contributed by atoms with van der Waals surface area (Å²) in [6.07, 6.45) is 2.21. The molecule has 12 heavy (non-hydrogen) atoms. The van der Waals surface area contributed by atoms with Crippen molar-refractivity contribution in [1.29, 1.82) is 0 Å². The smallest absolute Gasteiger partial charge is 0.247 e. The molecule has 2 nitrogen and oxygen atoms in total. The Bertz CT molecular complexity index is 167. The predicted octanol–water partition coefficient (Wildman–Crippen LogP) is -2.62. The predicted molar refractivity (Wildman–Crippen MR) is 50.2 cm³/mol. The minimum Gasteiger partial charge on any atom is -1.00 e. The van der Waals surface area contributed by atoms with Crippen LogP contribution in [0, 0.1) is 0 Å². The lowest BCUT2D eigenvalue weighted by atomic mass is 10.4. The summed E-state index contributed by atoms with van der Waals surface area (Å²) in [5.41, 5.74) is 5.47. The van der Waals surface area contributed by atoms with Gasteiger partial charge in [0.1, 0.15) is 0 Å². The first-order valence-corrected chi connectivity index (χ1v) is 4.51. The molecule has 0 aliphatic heterocycles. The summed E-state index contributed by atoms with van der Waals surface area (Å²) in [7, 11) is 0. The molecule has 0 atom stereocenters. The highest BCUT2D eigenvalue weighted by molar-refractivity contribution is 6.28. The van der Waals surface area contributed by atoms with E-state index < -0.39 is 0 Å². The summed E-state index contributed by atoms with van der Waals surface area (Å²) < 4.78 is 0. The number of halogens is 4. The Morgan fingerprint density at radius 2 is 2.00 bits per heavy atom. The molecule has 0 aromatic rings. The van der Waals surface area contributed by atoms with E-state index in [0.717, 1.165) is 0 Å². The van der Waals surface area contributed by atoms with Gasteiger partial charge in [0.25, 0.3) is 0 Å². The van der Waals surface area contributed by atoms with Gasteiger partial charge in [-0.25, -0.2) is 4.99 Å². The van der Waals surface area contributed by atoms with Gasteiger partial charge in [-0.2, -0.15) is 0 Å². The Hall–Kier alpha value is 0.370. The van der Waals surface area contributed by atoms with Gasteiger partial charge >= 0.3 is 0 Å². The van der Waals surface area contributed by atoms with Crippen LogP contribution < -0.4 is 23.1 Å². The first-order chi connectivity index (χ1) is 5.20. The van der Waals surface area contributed by atoms with Gasteiger partial charge in [0.2, 0.25) is 5.84 Å². The molecule has 0 aromatic carbocycles. The van der Waals surface area contributed by atoms with Crippen LogP contribution >= 0.6 is 34.8 Å². The van der Waals surface area contributed by atoms with Crippen LogP contribution in [0.3, 0.4) is 0 Å². The number of amidine groups is 1. The molecule has 0 fully saturated rings. The summed E-state index contributed by atoms with van der Waals surface area (Å²) in [6, 6.07) is 0. The number of hydrogen-bond donors (Lipinski definition) is 2. The molecule has 0 unspecified atom stereocenters. The third kappa shape index (κ3) is 8.47. The van der Waals surface area contributed by atoms with Gasteiger partial charge in [-0.05, 0) is 17.7 Å². The minimum absolute atomic E-state index is 0. The van der Waals surface area contributed by atoms with Crippen LogP contribution in [-0.4, -0.2) is 17.6 Å².